The van der Waals surface area contributed by atoms with Gasteiger partial charge in [-0.1, -0.05) is 44.0 Å². The second-order valence-electron chi connectivity index (χ2n) is 14.4. The molecule has 2 unspecified atom stereocenters. The number of hydrogen-bond donors (Lipinski definition) is 1. The number of nitrogens with one attached hydrogen (secondary N) is 1. The van der Waals surface area contributed by atoms with E-state index in [4.69, 9.17) is 9.99 Å². The van der Waals surface area contributed by atoms with Crippen molar-refractivity contribution < 1.29 is 9.32 Å². The quantitative estimate of drug-likeness (QED) is 0.138. The number of nitrogens with zero attached hydrogens (tertiary/aromatic N) is 2. The van der Waals surface area contributed by atoms with Crippen LogP contribution in [0.4, 0.5) is 0 Å². The van der Waals surface area contributed by atoms with Crippen LogP contribution in [-0.2, 0) is 4.84 Å². The molecule has 0 aromatic carbocycles. The average Bonchev–Trinajstić information content (AvgIpc) is 3.20. The first-order valence-electron chi connectivity index (χ1n) is 15.2. The summed E-state index contributed by atoms with van der Waals surface area (Å²) < 4.78 is 0.663. The van der Waals surface area contributed by atoms with E-state index in [0.29, 0.717) is 27.3 Å². The second-order valence-corrected chi connectivity index (χ2v) is 14.4. The van der Waals surface area contributed by atoms with Crippen LogP contribution < -0.4 is 5.32 Å². The Morgan fingerprint density at radius 2 is 1.89 bits per heavy atom. The van der Waals surface area contributed by atoms with Gasteiger partial charge >= 0.3 is 5.88 Å². The highest BCUT2D eigenvalue weighted by Crippen LogP contribution is 2.67. The van der Waals surface area contributed by atoms with E-state index in [0.717, 1.165) is 42.6 Å². The molecule has 8 atom stereocenters. The molecule has 4 aliphatic carbocycles. The highest BCUT2D eigenvalue weighted by molar-refractivity contribution is 5.85. The minimum absolute atomic E-state index is 0.370. The predicted octanol–water partition coefficient (Wildman–Crippen LogP) is 7.28. The van der Waals surface area contributed by atoms with E-state index in [2.05, 4.69) is 59.8 Å². The van der Waals surface area contributed by atoms with Gasteiger partial charge in [-0.2, -0.15) is 0 Å². The van der Waals surface area contributed by atoms with Gasteiger partial charge in [0.25, 0.3) is 0 Å². The summed E-state index contributed by atoms with van der Waals surface area (Å²) in [5.41, 5.74) is 3.85. The van der Waals surface area contributed by atoms with Gasteiger partial charge in [0.2, 0.25) is 0 Å². The fourth-order valence-electron chi connectivity index (χ4n) is 9.62. The first kappa shape index (κ1) is 26.5. The summed E-state index contributed by atoms with van der Waals surface area (Å²) in [4.78, 5) is 6.08. The van der Waals surface area contributed by atoms with Gasteiger partial charge in [0, 0.05) is 12.5 Å². The second kappa shape index (κ2) is 9.88. The van der Waals surface area contributed by atoms with Crippen LogP contribution in [0.1, 0.15) is 98.3 Å². The molecule has 1 saturated heterocycles. The Morgan fingerprint density at radius 3 is 2.64 bits per heavy atom. The van der Waals surface area contributed by atoms with Gasteiger partial charge in [-0.15, -0.1) is 0 Å². The van der Waals surface area contributed by atoms with Crippen molar-refractivity contribution in [2.75, 3.05) is 27.2 Å². The predicted molar refractivity (Wildman–Crippen MR) is 150 cm³/mol. The number of fused-ring (bicyclic) bond motifs is 5. The van der Waals surface area contributed by atoms with Crippen LogP contribution in [0.3, 0.4) is 0 Å². The molecule has 36 heavy (non-hydrogen) atoms. The summed E-state index contributed by atoms with van der Waals surface area (Å²) >= 11 is 0. The van der Waals surface area contributed by atoms with Crippen molar-refractivity contribution in [3.63, 3.8) is 0 Å². The largest absolute Gasteiger partial charge is 0.312 e. The number of likely N-dealkylation sites (N-methyl/N-ethyl adjacent to an activating group) is 1. The molecule has 0 aromatic rings. The van der Waals surface area contributed by atoms with Gasteiger partial charge < -0.3 is 10.2 Å². The number of quaternary nitrogens is 1. The summed E-state index contributed by atoms with van der Waals surface area (Å²) in [5, 5.41) is 8.43. The van der Waals surface area contributed by atoms with Gasteiger partial charge in [0.15, 0.2) is 0 Å². The number of rotatable bonds is 6. The Labute approximate surface area is 221 Å². The normalized spacial score (nSPS) is 43.2. The molecule has 202 valence electrons. The summed E-state index contributed by atoms with van der Waals surface area (Å²) in [6.07, 6.45) is 17.5. The van der Waals surface area contributed by atoms with E-state index in [9.17, 15) is 0 Å². The lowest BCUT2D eigenvalue weighted by molar-refractivity contribution is -0.869. The highest BCUT2D eigenvalue weighted by atomic mass is 16.6. The van der Waals surface area contributed by atoms with Crippen LogP contribution in [0.25, 0.3) is 0 Å². The summed E-state index contributed by atoms with van der Waals surface area (Å²) in [6, 6.07) is 0.545. The van der Waals surface area contributed by atoms with E-state index in [1.54, 1.807) is 0 Å². The zero-order valence-electron chi connectivity index (χ0n) is 24.2. The minimum atomic E-state index is 0.370. The van der Waals surface area contributed by atoms with Crippen molar-refractivity contribution in [1.82, 2.24) is 5.32 Å². The lowest BCUT2D eigenvalue weighted by atomic mass is 9.46. The molecule has 4 heteroatoms. The van der Waals surface area contributed by atoms with Crippen molar-refractivity contribution in [1.29, 1.82) is 0 Å². The maximum atomic E-state index is 6.08. The molecule has 3 saturated carbocycles. The minimum Gasteiger partial charge on any atom is -0.309 e. The molecule has 5 rings (SSSR count). The summed E-state index contributed by atoms with van der Waals surface area (Å²) in [7, 11) is 4.41. The number of hydrogen-bond acceptors (Lipinski definition) is 3. The lowest BCUT2D eigenvalue weighted by Crippen LogP contribution is -2.51. The summed E-state index contributed by atoms with van der Waals surface area (Å²) in [6.45, 7) is 16.3. The molecule has 4 fully saturated rings. The Balaban J connectivity index is 1.25. The molecule has 0 amide bonds. The van der Waals surface area contributed by atoms with E-state index in [1.807, 2.05) is 5.57 Å². The smallest absolute Gasteiger partial charge is 0.309 e. The Bertz CT molecular complexity index is 899. The first-order chi connectivity index (χ1) is 17.0. The molecule has 4 nitrogen and oxygen atoms in total. The number of allylic oxidation sites excluding steroid dienone is 2. The van der Waals surface area contributed by atoms with Crippen molar-refractivity contribution >= 4 is 5.71 Å². The van der Waals surface area contributed by atoms with Crippen LogP contribution >= 0.6 is 0 Å². The Morgan fingerprint density at radius 1 is 1.08 bits per heavy atom. The van der Waals surface area contributed by atoms with Crippen LogP contribution in [-0.4, -0.2) is 43.4 Å². The van der Waals surface area contributed by atoms with E-state index in [1.165, 1.54) is 76.3 Å². The molecule has 0 radical (unpaired) electrons. The Kier molecular flexibility index (Phi) is 7.26. The van der Waals surface area contributed by atoms with Crippen LogP contribution in [0.15, 0.2) is 29.3 Å². The fourth-order valence-corrected chi connectivity index (χ4v) is 9.62. The first-order valence-corrected chi connectivity index (χ1v) is 15.2. The fraction of sp³-hybridized carbons (Fsp3) is 0.844. The average molecular weight is 497 g/mol. The third-order valence-corrected chi connectivity index (χ3v) is 11.9. The van der Waals surface area contributed by atoms with Gasteiger partial charge in [-0.3, -0.25) is 4.48 Å². The SMILES string of the molecule is C=C(O/N=C(\C)[C@H]1CC[C@H]2[C@@H]3CCC4=CC(C)CC[C@]4(C)[C@H]3CC[C@]12C)[N+](C)(C)CC1CCCCN1. The molecule has 1 N–H and O–H groups in total. The zero-order chi connectivity index (χ0) is 25.7. The zero-order valence-corrected chi connectivity index (χ0v) is 24.2. The molecule has 0 bridgehead atoms. The maximum Gasteiger partial charge on any atom is 0.312 e. The lowest BCUT2D eigenvalue weighted by Gasteiger charge is -2.58. The Hall–Kier alpha value is -1.13. The van der Waals surface area contributed by atoms with Crippen molar-refractivity contribution in [3.05, 3.63) is 24.1 Å². The monoisotopic (exact) mass is 496 g/mol. The van der Waals surface area contributed by atoms with E-state index < -0.39 is 0 Å². The van der Waals surface area contributed by atoms with E-state index >= 15 is 0 Å². The molecule has 5 aliphatic rings. The van der Waals surface area contributed by atoms with Crippen LogP contribution in [0.5, 0.6) is 0 Å². The van der Waals surface area contributed by atoms with Crippen molar-refractivity contribution in [2.45, 2.75) is 104 Å². The van der Waals surface area contributed by atoms with Gasteiger partial charge in [0.1, 0.15) is 6.54 Å². The number of piperidine rings is 1. The molecular formula is C32H54N3O+. The molecule has 1 aliphatic heterocycles. The molecule has 1 heterocycles. The van der Waals surface area contributed by atoms with Crippen LogP contribution in [0, 0.1) is 40.4 Å². The third kappa shape index (κ3) is 4.64. The maximum absolute atomic E-state index is 6.08. The third-order valence-electron chi connectivity index (χ3n) is 11.9. The summed E-state index contributed by atoms with van der Waals surface area (Å²) in [5.74, 6) is 4.72. The van der Waals surface area contributed by atoms with Crippen LogP contribution in [0.2, 0.25) is 0 Å². The van der Waals surface area contributed by atoms with Crippen molar-refractivity contribution in [2.24, 2.45) is 45.6 Å². The van der Waals surface area contributed by atoms with Gasteiger partial charge in [-0.25, -0.2) is 0 Å². The molecular weight excluding hydrogens is 442 g/mol. The molecule has 0 aromatic heterocycles. The topological polar surface area (TPSA) is 33.6 Å². The molecule has 0 spiro atoms. The standard InChI is InChI=1S/C32H54N3O/c1-22-15-17-31(4)25(20-22)11-12-27-29-14-13-28(32(29,5)18-16-30(27)31)23(2)34-36-24(3)35(6,7)21-26-10-8-9-19-33-26/h20,22,26-30,33H,3,8-19,21H2,1-2,4-7H3/q+1/b34-23+/t22?,26?,27-,28+,29-,30-,31-,32+/m0/s1. The number of oxime groups is 1. The highest BCUT2D eigenvalue weighted by Gasteiger charge is 2.59. The van der Waals surface area contributed by atoms with Gasteiger partial charge in [-0.05, 0) is 112 Å². The van der Waals surface area contributed by atoms with E-state index in [-0.39, 0.29) is 0 Å². The van der Waals surface area contributed by atoms with Gasteiger partial charge in [0.05, 0.1) is 25.8 Å². The van der Waals surface area contributed by atoms with Crippen molar-refractivity contribution in [3.8, 4) is 0 Å².